The summed E-state index contributed by atoms with van der Waals surface area (Å²) >= 11 is 0. The third-order valence-corrected chi connectivity index (χ3v) is 3.84. The lowest BCUT2D eigenvalue weighted by Gasteiger charge is -1.98. The minimum Gasteiger partial charge on any atom is -0.508 e. The summed E-state index contributed by atoms with van der Waals surface area (Å²) < 4.78 is 0. The van der Waals surface area contributed by atoms with Crippen LogP contribution in [0.4, 0.5) is 0 Å². The molecule has 0 amide bonds. The molecule has 0 heterocycles. The van der Waals surface area contributed by atoms with Crippen LogP contribution >= 0.6 is 0 Å². The van der Waals surface area contributed by atoms with Crippen LogP contribution < -0.4 is 0 Å². The van der Waals surface area contributed by atoms with Crippen LogP contribution in [0.1, 0.15) is 70.3 Å². The van der Waals surface area contributed by atoms with Gasteiger partial charge in [0, 0.05) is 0 Å². The average molecular weight is 300 g/mol. The van der Waals surface area contributed by atoms with Crippen LogP contribution in [0.25, 0.3) is 0 Å². The molecule has 0 fully saturated rings. The molecule has 0 atom stereocenters. The standard InChI is InChI=1S/C21H32O/c1-2-3-4-5-6-7-8-9-10-11-12-13-14-16-20-17-15-18-21(22)19-20/h10-11,13-15,17-19,22H,2-9,12,16H2,1H3. The Balaban J connectivity index is 1.96. The first-order chi connectivity index (χ1) is 10.8. The summed E-state index contributed by atoms with van der Waals surface area (Å²) in [5.41, 5.74) is 1.16. The van der Waals surface area contributed by atoms with Crippen molar-refractivity contribution in [3.8, 4) is 5.75 Å². The van der Waals surface area contributed by atoms with Crippen LogP contribution in [0.15, 0.2) is 48.6 Å². The van der Waals surface area contributed by atoms with E-state index in [1.165, 1.54) is 51.4 Å². The zero-order chi connectivity index (χ0) is 15.9. The van der Waals surface area contributed by atoms with E-state index in [4.69, 9.17) is 0 Å². The monoisotopic (exact) mass is 300 g/mol. The minimum absolute atomic E-state index is 0.348. The molecule has 0 aliphatic carbocycles. The summed E-state index contributed by atoms with van der Waals surface area (Å²) in [6, 6.07) is 7.46. The quantitative estimate of drug-likeness (QED) is 0.341. The maximum absolute atomic E-state index is 9.38. The molecule has 0 saturated carbocycles. The smallest absolute Gasteiger partial charge is 0.115 e. The van der Waals surface area contributed by atoms with Crippen molar-refractivity contribution in [1.82, 2.24) is 0 Å². The Morgan fingerprint density at radius 1 is 0.864 bits per heavy atom. The van der Waals surface area contributed by atoms with E-state index in [9.17, 15) is 5.11 Å². The molecule has 1 aromatic carbocycles. The van der Waals surface area contributed by atoms with Crippen molar-refractivity contribution < 1.29 is 5.11 Å². The summed E-state index contributed by atoms with van der Waals surface area (Å²) in [7, 11) is 0. The molecule has 0 bridgehead atoms. The predicted molar refractivity (Wildman–Crippen MR) is 97.3 cm³/mol. The first kappa shape index (κ1) is 18.5. The fraction of sp³-hybridized carbons (Fsp3) is 0.524. The van der Waals surface area contributed by atoms with Crippen molar-refractivity contribution in [2.75, 3.05) is 0 Å². The number of allylic oxidation sites excluding steroid dienone is 4. The van der Waals surface area contributed by atoms with Crippen molar-refractivity contribution in [3.05, 3.63) is 54.1 Å². The maximum atomic E-state index is 9.38. The van der Waals surface area contributed by atoms with Crippen molar-refractivity contribution >= 4 is 0 Å². The van der Waals surface area contributed by atoms with Crippen LogP contribution in [-0.2, 0) is 6.42 Å². The highest BCUT2D eigenvalue weighted by Gasteiger charge is 1.91. The Hall–Kier alpha value is -1.50. The van der Waals surface area contributed by atoms with E-state index >= 15 is 0 Å². The van der Waals surface area contributed by atoms with Crippen molar-refractivity contribution in [2.45, 2.75) is 71.1 Å². The van der Waals surface area contributed by atoms with Gasteiger partial charge in [-0.3, -0.25) is 0 Å². The van der Waals surface area contributed by atoms with Gasteiger partial charge in [-0.15, -0.1) is 0 Å². The van der Waals surface area contributed by atoms with Gasteiger partial charge in [0.05, 0.1) is 0 Å². The van der Waals surface area contributed by atoms with E-state index in [2.05, 4.69) is 31.2 Å². The number of hydrogen-bond acceptors (Lipinski definition) is 1. The van der Waals surface area contributed by atoms with E-state index in [0.717, 1.165) is 18.4 Å². The van der Waals surface area contributed by atoms with Gasteiger partial charge in [0.2, 0.25) is 0 Å². The zero-order valence-corrected chi connectivity index (χ0v) is 14.1. The van der Waals surface area contributed by atoms with Crippen LogP contribution in [0.2, 0.25) is 0 Å². The van der Waals surface area contributed by atoms with E-state index in [1.807, 2.05) is 18.2 Å². The highest BCUT2D eigenvalue weighted by Crippen LogP contribution is 2.12. The van der Waals surface area contributed by atoms with Gasteiger partial charge in [-0.2, -0.15) is 0 Å². The second-order valence-corrected chi connectivity index (χ2v) is 5.96. The second kappa shape index (κ2) is 13.2. The lowest BCUT2D eigenvalue weighted by molar-refractivity contribution is 0.474. The van der Waals surface area contributed by atoms with E-state index in [0.29, 0.717) is 5.75 Å². The SMILES string of the molecule is CCCCCCCCCC=CCC=CCc1cccc(O)c1. The predicted octanol–water partition coefficient (Wildman–Crippen LogP) is 6.58. The number of phenolic OH excluding ortho intramolecular Hbond substituents is 1. The molecule has 1 nitrogen and oxygen atoms in total. The number of hydrogen-bond donors (Lipinski definition) is 1. The van der Waals surface area contributed by atoms with Crippen LogP contribution in [-0.4, -0.2) is 5.11 Å². The molecule has 122 valence electrons. The van der Waals surface area contributed by atoms with Crippen molar-refractivity contribution in [3.63, 3.8) is 0 Å². The molecule has 1 N–H and O–H groups in total. The fourth-order valence-electron chi connectivity index (χ4n) is 2.51. The lowest BCUT2D eigenvalue weighted by atomic mass is 10.1. The molecular weight excluding hydrogens is 268 g/mol. The van der Waals surface area contributed by atoms with Gasteiger partial charge in [0.1, 0.15) is 5.75 Å². The molecule has 22 heavy (non-hydrogen) atoms. The van der Waals surface area contributed by atoms with Crippen molar-refractivity contribution in [1.29, 1.82) is 0 Å². The number of phenols is 1. The van der Waals surface area contributed by atoms with Gasteiger partial charge < -0.3 is 5.11 Å². The molecule has 1 aromatic rings. The Bertz CT molecular complexity index is 431. The highest BCUT2D eigenvalue weighted by molar-refractivity contribution is 5.28. The summed E-state index contributed by atoms with van der Waals surface area (Å²) in [5, 5.41) is 9.38. The lowest BCUT2D eigenvalue weighted by Crippen LogP contribution is -1.79. The molecule has 0 aliphatic rings. The Morgan fingerprint density at radius 3 is 2.36 bits per heavy atom. The van der Waals surface area contributed by atoms with Crippen LogP contribution in [0, 0.1) is 0 Å². The molecule has 1 rings (SSSR count). The summed E-state index contributed by atoms with van der Waals surface area (Å²) in [4.78, 5) is 0. The van der Waals surface area contributed by atoms with Gasteiger partial charge >= 0.3 is 0 Å². The number of benzene rings is 1. The molecule has 0 saturated heterocycles. The topological polar surface area (TPSA) is 20.2 Å². The summed E-state index contributed by atoms with van der Waals surface area (Å²) in [6.07, 6.45) is 21.7. The fourth-order valence-corrected chi connectivity index (χ4v) is 2.51. The molecular formula is C21H32O. The summed E-state index contributed by atoms with van der Waals surface area (Å²) in [5.74, 6) is 0.348. The molecule has 1 heteroatoms. The molecule has 0 aliphatic heterocycles. The molecule has 0 radical (unpaired) electrons. The van der Waals surface area contributed by atoms with Gasteiger partial charge in [-0.25, -0.2) is 0 Å². The Morgan fingerprint density at radius 2 is 1.59 bits per heavy atom. The molecule has 0 unspecified atom stereocenters. The van der Waals surface area contributed by atoms with E-state index in [1.54, 1.807) is 6.07 Å². The third kappa shape index (κ3) is 10.3. The van der Waals surface area contributed by atoms with Crippen LogP contribution in [0.5, 0.6) is 5.75 Å². The normalized spacial score (nSPS) is 11.7. The Labute approximate surface area is 136 Å². The third-order valence-electron chi connectivity index (χ3n) is 3.84. The zero-order valence-electron chi connectivity index (χ0n) is 14.1. The molecule has 0 aromatic heterocycles. The minimum atomic E-state index is 0.348. The summed E-state index contributed by atoms with van der Waals surface area (Å²) in [6.45, 7) is 2.27. The van der Waals surface area contributed by atoms with E-state index in [-0.39, 0.29) is 0 Å². The van der Waals surface area contributed by atoms with Gasteiger partial charge in [0.25, 0.3) is 0 Å². The first-order valence-corrected chi connectivity index (χ1v) is 8.91. The second-order valence-electron chi connectivity index (χ2n) is 5.96. The van der Waals surface area contributed by atoms with Gasteiger partial charge in [0.15, 0.2) is 0 Å². The number of rotatable bonds is 12. The highest BCUT2D eigenvalue weighted by atomic mass is 16.3. The Kier molecular flexibility index (Phi) is 11.1. The van der Waals surface area contributed by atoms with E-state index < -0.39 is 0 Å². The van der Waals surface area contributed by atoms with Gasteiger partial charge in [-0.1, -0.05) is 81.9 Å². The molecule has 0 spiro atoms. The number of aromatic hydroxyl groups is 1. The maximum Gasteiger partial charge on any atom is 0.115 e. The van der Waals surface area contributed by atoms with Crippen LogP contribution in [0.3, 0.4) is 0 Å². The average Bonchev–Trinajstić information content (AvgIpc) is 2.52. The first-order valence-electron chi connectivity index (χ1n) is 8.91. The van der Waals surface area contributed by atoms with Crippen molar-refractivity contribution in [2.24, 2.45) is 0 Å². The largest absolute Gasteiger partial charge is 0.508 e. The number of unbranched alkanes of at least 4 members (excludes halogenated alkanes) is 7. The van der Waals surface area contributed by atoms with Gasteiger partial charge in [-0.05, 0) is 43.4 Å².